The van der Waals surface area contributed by atoms with Crippen LogP contribution in [-0.4, -0.2) is 5.78 Å². The molecule has 35 heavy (non-hydrogen) atoms. The summed E-state index contributed by atoms with van der Waals surface area (Å²) in [5, 5.41) is 0. The summed E-state index contributed by atoms with van der Waals surface area (Å²) in [6.07, 6.45) is -4.45. The molecule has 0 aliphatic heterocycles. The van der Waals surface area contributed by atoms with E-state index in [1.807, 2.05) is 91.9 Å². The Hall–Kier alpha value is -4.18. The molecule has 0 spiro atoms. The Morgan fingerprint density at radius 2 is 0.857 bits per heavy atom. The van der Waals surface area contributed by atoms with E-state index in [1.165, 1.54) is 12.1 Å². The lowest BCUT2D eigenvalue weighted by Gasteiger charge is -2.14. The van der Waals surface area contributed by atoms with Crippen LogP contribution in [0.1, 0.15) is 33.4 Å². The molecule has 4 heteroatoms. The largest absolute Gasteiger partial charge is 0.416 e. The zero-order valence-corrected chi connectivity index (χ0v) is 18.9. The van der Waals surface area contributed by atoms with Gasteiger partial charge in [-0.05, 0) is 41.3 Å². The highest BCUT2D eigenvalue weighted by Gasteiger charge is 2.36. The maximum atomic E-state index is 14.1. The normalized spacial score (nSPS) is 14.1. The Morgan fingerprint density at radius 1 is 0.486 bits per heavy atom. The summed E-state index contributed by atoms with van der Waals surface area (Å²) in [6.45, 7) is 1.98. The second-order valence-corrected chi connectivity index (χ2v) is 8.50. The zero-order valence-electron chi connectivity index (χ0n) is 18.9. The van der Waals surface area contributed by atoms with Crippen molar-refractivity contribution in [2.75, 3.05) is 0 Å². The Balaban J connectivity index is 1.81. The lowest BCUT2D eigenvalue weighted by Crippen LogP contribution is -2.06. The molecule has 4 aromatic carbocycles. The van der Waals surface area contributed by atoms with Gasteiger partial charge in [-0.25, -0.2) is 0 Å². The van der Waals surface area contributed by atoms with E-state index in [0.717, 1.165) is 45.5 Å². The fourth-order valence-corrected chi connectivity index (χ4v) is 4.49. The lowest BCUT2D eigenvalue weighted by atomic mass is 9.89. The van der Waals surface area contributed by atoms with E-state index in [2.05, 4.69) is 0 Å². The highest BCUT2D eigenvalue weighted by Crippen LogP contribution is 2.49. The third-order valence-electron chi connectivity index (χ3n) is 6.17. The van der Waals surface area contributed by atoms with E-state index in [4.69, 9.17) is 0 Å². The third kappa shape index (κ3) is 4.24. The van der Waals surface area contributed by atoms with Gasteiger partial charge < -0.3 is 0 Å². The quantitative estimate of drug-likeness (QED) is 0.297. The highest BCUT2D eigenvalue weighted by atomic mass is 19.4. The number of hydrogen-bond acceptors (Lipinski definition) is 1. The molecule has 0 amide bonds. The molecule has 1 aliphatic rings. The number of ketones is 1. The molecule has 0 saturated carbocycles. The summed E-state index contributed by atoms with van der Waals surface area (Å²) < 4.78 is 39.7. The summed E-state index contributed by atoms with van der Waals surface area (Å²) in [5.41, 5.74) is 5.70. The molecule has 0 unspecified atom stereocenters. The molecule has 0 aromatic heterocycles. The van der Waals surface area contributed by atoms with E-state index in [0.29, 0.717) is 16.7 Å². The second kappa shape index (κ2) is 8.88. The van der Waals surface area contributed by atoms with Crippen LogP contribution >= 0.6 is 0 Å². The molecular formula is C31H21F3O. The molecule has 0 N–H and O–H groups in total. The van der Waals surface area contributed by atoms with Gasteiger partial charge in [0.25, 0.3) is 0 Å². The van der Waals surface area contributed by atoms with Crippen molar-refractivity contribution in [1.82, 2.24) is 0 Å². The second-order valence-electron chi connectivity index (χ2n) is 8.50. The number of carbonyl (C=O) groups excluding carboxylic acids is 1. The molecule has 4 aromatic rings. The number of alkyl halides is 3. The standard InChI is InChI=1S/C31H21F3O/c1-20-12-14-23(15-13-20)28-26(21-8-4-2-5-9-21)27(22-10-6-3-7-11-22)29(30(28)35)24-16-18-25(19-17-24)31(32,33)34/h2-19H,1H3. The first-order valence-corrected chi connectivity index (χ1v) is 11.2. The Kier molecular flexibility index (Phi) is 5.73. The Labute approximate surface area is 201 Å². The first-order chi connectivity index (χ1) is 16.8. The van der Waals surface area contributed by atoms with Gasteiger partial charge in [0.05, 0.1) is 5.56 Å². The van der Waals surface area contributed by atoms with E-state index in [-0.39, 0.29) is 5.78 Å². The van der Waals surface area contributed by atoms with Crippen LogP contribution in [0.3, 0.4) is 0 Å². The minimum absolute atomic E-state index is 0.202. The topological polar surface area (TPSA) is 17.1 Å². The molecule has 0 fully saturated rings. The summed E-state index contributed by atoms with van der Waals surface area (Å²) in [6, 6.07) is 31.8. The number of carbonyl (C=O) groups is 1. The average Bonchev–Trinajstić information content (AvgIpc) is 3.18. The summed E-state index contributed by atoms with van der Waals surface area (Å²) in [4.78, 5) is 14.1. The molecule has 172 valence electrons. The predicted molar refractivity (Wildman–Crippen MR) is 134 cm³/mol. The highest BCUT2D eigenvalue weighted by molar-refractivity contribution is 6.59. The number of Topliss-reactive ketones (excluding diaryl/α,β-unsaturated/α-hetero) is 1. The van der Waals surface area contributed by atoms with Crippen molar-refractivity contribution in [3.05, 3.63) is 143 Å². The van der Waals surface area contributed by atoms with Crippen molar-refractivity contribution < 1.29 is 18.0 Å². The number of benzene rings is 4. The van der Waals surface area contributed by atoms with Gasteiger partial charge in [-0.2, -0.15) is 13.2 Å². The van der Waals surface area contributed by atoms with Crippen molar-refractivity contribution in [2.24, 2.45) is 0 Å². The Morgan fingerprint density at radius 3 is 1.26 bits per heavy atom. The van der Waals surface area contributed by atoms with Crippen LogP contribution < -0.4 is 0 Å². The maximum absolute atomic E-state index is 14.1. The number of hydrogen-bond donors (Lipinski definition) is 0. The fourth-order valence-electron chi connectivity index (χ4n) is 4.49. The van der Waals surface area contributed by atoms with Crippen LogP contribution in [0, 0.1) is 6.92 Å². The molecule has 1 nitrogen and oxygen atoms in total. The van der Waals surface area contributed by atoms with Crippen LogP contribution in [0.4, 0.5) is 13.2 Å². The van der Waals surface area contributed by atoms with Gasteiger partial charge in [0.15, 0.2) is 5.78 Å². The van der Waals surface area contributed by atoms with Gasteiger partial charge in [-0.1, -0.05) is 103 Å². The molecule has 5 rings (SSSR count). The van der Waals surface area contributed by atoms with Crippen LogP contribution in [0.25, 0.3) is 22.3 Å². The van der Waals surface area contributed by atoms with Gasteiger partial charge in [-0.15, -0.1) is 0 Å². The Bertz CT molecular complexity index is 1440. The number of aryl methyl sites for hydroxylation is 1. The fraction of sp³-hybridized carbons (Fsp3) is 0.0645. The van der Waals surface area contributed by atoms with Crippen molar-refractivity contribution in [2.45, 2.75) is 13.1 Å². The smallest absolute Gasteiger partial charge is 0.289 e. The predicted octanol–water partition coefficient (Wildman–Crippen LogP) is 8.12. The zero-order chi connectivity index (χ0) is 24.6. The molecule has 1 aliphatic carbocycles. The van der Waals surface area contributed by atoms with Crippen LogP contribution in [0.5, 0.6) is 0 Å². The van der Waals surface area contributed by atoms with Gasteiger partial charge in [0.2, 0.25) is 0 Å². The number of rotatable bonds is 4. The van der Waals surface area contributed by atoms with E-state index in [1.54, 1.807) is 0 Å². The monoisotopic (exact) mass is 466 g/mol. The van der Waals surface area contributed by atoms with Crippen LogP contribution in [0.2, 0.25) is 0 Å². The summed E-state index contributed by atoms with van der Waals surface area (Å²) in [5.74, 6) is -0.202. The third-order valence-corrected chi connectivity index (χ3v) is 6.17. The minimum Gasteiger partial charge on any atom is -0.289 e. The van der Waals surface area contributed by atoms with E-state index >= 15 is 0 Å². The molecule has 0 heterocycles. The van der Waals surface area contributed by atoms with Gasteiger partial charge in [-0.3, -0.25) is 4.79 Å². The van der Waals surface area contributed by atoms with Gasteiger partial charge in [0.1, 0.15) is 0 Å². The van der Waals surface area contributed by atoms with Crippen molar-refractivity contribution in [1.29, 1.82) is 0 Å². The lowest BCUT2D eigenvalue weighted by molar-refractivity contribution is -0.137. The van der Waals surface area contributed by atoms with Crippen LogP contribution in [-0.2, 0) is 11.0 Å². The van der Waals surface area contributed by atoms with Crippen molar-refractivity contribution >= 4 is 28.1 Å². The van der Waals surface area contributed by atoms with Crippen molar-refractivity contribution in [3.8, 4) is 0 Å². The van der Waals surface area contributed by atoms with Gasteiger partial charge >= 0.3 is 6.18 Å². The summed E-state index contributed by atoms with van der Waals surface area (Å²) in [7, 11) is 0. The average molecular weight is 467 g/mol. The van der Waals surface area contributed by atoms with Gasteiger partial charge in [0, 0.05) is 22.3 Å². The van der Waals surface area contributed by atoms with E-state index in [9.17, 15) is 18.0 Å². The first kappa shape index (κ1) is 22.6. The van der Waals surface area contributed by atoms with Crippen LogP contribution in [0.15, 0.2) is 109 Å². The molecule has 0 atom stereocenters. The minimum atomic E-state index is -4.45. The number of halogens is 3. The summed E-state index contributed by atoms with van der Waals surface area (Å²) >= 11 is 0. The molecular weight excluding hydrogens is 445 g/mol. The molecule has 0 bridgehead atoms. The molecule has 0 saturated heterocycles. The van der Waals surface area contributed by atoms with E-state index < -0.39 is 11.7 Å². The first-order valence-electron chi connectivity index (χ1n) is 11.2. The molecule has 0 radical (unpaired) electrons. The SMILES string of the molecule is Cc1ccc(C2=C(c3ccccc3)C(c3ccccc3)=C(c3ccc(C(F)(F)F)cc3)C2=O)cc1. The maximum Gasteiger partial charge on any atom is 0.416 e. The van der Waals surface area contributed by atoms with Crippen molar-refractivity contribution in [3.63, 3.8) is 0 Å². The number of allylic oxidation sites excluding steroid dienone is 4.